The predicted molar refractivity (Wildman–Crippen MR) is 132 cm³/mol. The molecule has 0 radical (unpaired) electrons. The van der Waals surface area contributed by atoms with Crippen molar-refractivity contribution < 1.29 is 38.3 Å². The number of nitrogens with one attached hydrogen (secondary N) is 2. The maximum atomic E-state index is 13.5. The molecule has 13 heteroatoms. The molecule has 0 bridgehead atoms. The van der Waals surface area contributed by atoms with Crippen LogP contribution in [0.2, 0.25) is 5.02 Å². The highest BCUT2D eigenvalue weighted by atomic mass is 35.5. The minimum Gasteiger partial charge on any atom is -0.410 e. The number of rotatable bonds is 4. The maximum Gasteiger partial charge on any atom is 0.446 e. The van der Waals surface area contributed by atoms with Gasteiger partial charge in [-0.25, -0.2) is 19.6 Å². The second-order valence-electron chi connectivity index (χ2n) is 8.51. The van der Waals surface area contributed by atoms with Crippen LogP contribution in [0.3, 0.4) is 0 Å². The first-order chi connectivity index (χ1) is 17.2. The van der Waals surface area contributed by atoms with Crippen LogP contribution in [-0.2, 0) is 9.63 Å². The van der Waals surface area contributed by atoms with Crippen molar-refractivity contribution in [2.75, 3.05) is 14.1 Å². The van der Waals surface area contributed by atoms with Crippen molar-refractivity contribution in [1.82, 2.24) is 20.8 Å². The predicted octanol–water partition coefficient (Wildman–Crippen LogP) is 3.55. The van der Waals surface area contributed by atoms with E-state index in [-0.39, 0.29) is 27.6 Å². The lowest BCUT2D eigenvalue weighted by Crippen LogP contribution is -2.56. The molecule has 4 amide bonds. The molecule has 0 fully saturated rings. The van der Waals surface area contributed by atoms with Crippen LogP contribution >= 0.6 is 11.6 Å². The third-order valence-corrected chi connectivity index (χ3v) is 4.89. The van der Waals surface area contributed by atoms with Crippen LogP contribution in [0.4, 0.5) is 9.59 Å². The van der Waals surface area contributed by atoms with Crippen molar-refractivity contribution in [3.63, 3.8) is 0 Å². The molecule has 0 aliphatic heterocycles. The Labute approximate surface area is 218 Å². The van der Waals surface area contributed by atoms with Gasteiger partial charge in [-0.3, -0.25) is 14.4 Å². The number of hydrogen-bond acceptors (Lipinski definition) is 8. The summed E-state index contributed by atoms with van der Waals surface area (Å²) in [6, 6.07) is 9.80. The fourth-order valence-electron chi connectivity index (χ4n) is 3.11. The van der Waals surface area contributed by atoms with Gasteiger partial charge in [0.1, 0.15) is 11.5 Å². The zero-order valence-corrected chi connectivity index (χ0v) is 21.8. The van der Waals surface area contributed by atoms with Gasteiger partial charge in [-0.2, -0.15) is 0 Å². The molecule has 0 saturated heterocycles. The van der Waals surface area contributed by atoms with Crippen LogP contribution in [-0.4, -0.2) is 59.6 Å². The zero-order valence-electron chi connectivity index (χ0n) is 21.1. The van der Waals surface area contributed by atoms with Gasteiger partial charge in [0, 0.05) is 32.6 Å². The van der Waals surface area contributed by atoms with Gasteiger partial charge in [-0.1, -0.05) is 17.7 Å². The summed E-state index contributed by atoms with van der Waals surface area (Å²) in [4.78, 5) is 65.1. The van der Waals surface area contributed by atoms with Crippen molar-refractivity contribution in [3.05, 3.63) is 58.6 Å². The number of ether oxygens (including phenoxy) is 2. The summed E-state index contributed by atoms with van der Waals surface area (Å²) < 4.78 is 10.0. The molecule has 0 atom stereocenters. The van der Waals surface area contributed by atoms with E-state index in [9.17, 15) is 24.0 Å². The van der Waals surface area contributed by atoms with Gasteiger partial charge >= 0.3 is 18.2 Å². The summed E-state index contributed by atoms with van der Waals surface area (Å²) in [5, 5.41) is 4.61. The highest BCUT2D eigenvalue weighted by Gasteiger charge is 2.35. The minimum atomic E-state index is -1.07. The topological polar surface area (TPSA) is 144 Å². The second kappa shape index (κ2) is 12.1. The molecule has 37 heavy (non-hydrogen) atoms. The van der Waals surface area contributed by atoms with Gasteiger partial charge in [0.25, 0.3) is 11.8 Å². The Morgan fingerprint density at radius 1 is 0.892 bits per heavy atom. The smallest absolute Gasteiger partial charge is 0.410 e. The summed E-state index contributed by atoms with van der Waals surface area (Å²) in [5.74, 6) is -1.79. The molecule has 0 heterocycles. The molecule has 2 aromatic carbocycles. The molecule has 2 rings (SSSR count). The normalized spacial score (nSPS) is 10.6. The Balaban J connectivity index is 2.30. The van der Waals surface area contributed by atoms with Crippen molar-refractivity contribution in [3.8, 4) is 11.5 Å². The van der Waals surface area contributed by atoms with E-state index in [1.807, 2.05) is 0 Å². The molecule has 198 valence electrons. The molecule has 0 aliphatic carbocycles. The van der Waals surface area contributed by atoms with E-state index < -0.39 is 35.5 Å². The van der Waals surface area contributed by atoms with Gasteiger partial charge in [0.2, 0.25) is 0 Å². The molecule has 0 unspecified atom stereocenters. The molecular formula is C24H27ClN4O8. The molecule has 2 aromatic rings. The molecule has 0 spiro atoms. The van der Waals surface area contributed by atoms with Gasteiger partial charge in [0.15, 0.2) is 0 Å². The van der Waals surface area contributed by atoms with Gasteiger partial charge < -0.3 is 19.6 Å². The summed E-state index contributed by atoms with van der Waals surface area (Å²) in [5.41, 5.74) is 1.10. The van der Waals surface area contributed by atoms with E-state index in [4.69, 9.17) is 21.1 Å². The summed E-state index contributed by atoms with van der Waals surface area (Å²) in [7, 11) is 2.82. The fourth-order valence-corrected chi connectivity index (χ4v) is 3.36. The van der Waals surface area contributed by atoms with E-state index in [1.165, 1.54) is 61.6 Å². The second-order valence-corrected chi connectivity index (χ2v) is 8.92. The van der Waals surface area contributed by atoms with E-state index >= 15 is 0 Å². The van der Waals surface area contributed by atoms with E-state index in [1.54, 1.807) is 26.3 Å². The number of hydrogen-bond donors (Lipinski definition) is 2. The Hall–Kier alpha value is -4.32. The van der Waals surface area contributed by atoms with Crippen LogP contribution in [0.25, 0.3) is 0 Å². The molecule has 2 N–H and O–H groups in total. The van der Waals surface area contributed by atoms with Crippen molar-refractivity contribution in [1.29, 1.82) is 0 Å². The van der Waals surface area contributed by atoms with E-state index in [2.05, 4.69) is 10.2 Å². The average molecular weight is 535 g/mol. The van der Waals surface area contributed by atoms with Crippen molar-refractivity contribution in [2.24, 2.45) is 0 Å². The lowest BCUT2D eigenvalue weighted by Gasteiger charge is -2.41. The zero-order chi connectivity index (χ0) is 27.9. The third kappa shape index (κ3) is 7.84. The minimum absolute atomic E-state index is 0.0223. The summed E-state index contributed by atoms with van der Waals surface area (Å²) in [6.45, 7) is 6.27. The van der Waals surface area contributed by atoms with Crippen molar-refractivity contribution >= 4 is 41.6 Å². The lowest BCUT2D eigenvalue weighted by molar-refractivity contribution is -0.146. The van der Waals surface area contributed by atoms with E-state index in [0.717, 1.165) is 11.9 Å². The molecule has 0 aromatic heterocycles. The highest BCUT2D eigenvalue weighted by molar-refractivity contribution is 6.34. The SMILES string of the molecule is CNC(=O)Oc1cccc(C(=O)N(C)N(C(=O)c2ccc(OC(=O)NOC(C)=O)cc2Cl)C(C)(C)C)c1. The number of carbonyl (C=O) groups excluding carboxylic acids is 5. The van der Waals surface area contributed by atoms with Gasteiger partial charge in [-0.05, 0) is 51.1 Å². The largest absolute Gasteiger partial charge is 0.446 e. The average Bonchev–Trinajstić information content (AvgIpc) is 2.81. The number of amides is 4. The number of halogens is 1. The first-order valence-corrected chi connectivity index (χ1v) is 11.2. The molecule has 0 aliphatic rings. The van der Waals surface area contributed by atoms with Crippen LogP contribution < -0.4 is 20.3 Å². The Bertz CT molecular complexity index is 1210. The fraction of sp³-hybridized carbons (Fsp3) is 0.292. The Morgan fingerprint density at radius 3 is 2.08 bits per heavy atom. The molecular weight excluding hydrogens is 508 g/mol. The van der Waals surface area contributed by atoms with Crippen LogP contribution in [0.5, 0.6) is 11.5 Å². The Kier molecular flexibility index (Phi) is 9.44. The highest BCUT2D eigenvalue weighted by Crippen LogP contribution is 2.28. The third-order valence-electron chi connectivity index (χ3n) is 4.58. The number of carbonyl (C=O) groups is 5. The Morgan fingerprint density at radius 2 is 1.51 bits per heavy atom. The van der Waals surface area contributed by atoms with Crippen LogP contribution in [0, 0.1) is 0 Å². The number of benzene rings is 2. The maximum absolute atomic E-state index is 13.5. The van der Waals surface area contributed by atoms with Crippen LogP contribution in [0.1, 0.15) is 48.4 Å². The quantitative estimate of drug-likeness (QED) is 0.567. The molecule has 0 saturated carbocycles. The van der Waals surface area contributed by atoms with Gasteiger partial charge in [-0.15, -0.1) is 5.48 Å². The standard InChI is InChI=1S/C24H27ClN4O8/c1-14(30)37-27-23(34)36-17-10-11-18(19(25)13-17)21(32)29(24(2,3)4)28(6)20(31)15-8-7-9-16(12-15)35-22(33)26-5/h7-13H,1-6H3,(H,26,33)(H,27,34). The number of hydroxylamine groups is 1. The summed E-state index contributed by atoms with van der Waals surface area (Å²) in [6.07, 6.45) is -1.77. The number of nitrogens with zero attached hydrogens (tertiary/aromatic N) is 2. The number of hydrazine groups is 1. The lowest BCUT2D eigenvalue weighted by atomic mass is 10.1. The monoisotopic (exact) mass is 534 g/mol. The van der Waals surface area contributed by atoms with Gasteiger partial charge in [0.05, 0.1) is 16.1 Å². The van der Waals surface area contributed by atoms with Crippen molar-refractivity contribution in [2.45, 2.75) is 33.2 Å². The van der Waals surface area contributed by atoms with Crippen LogP contribution in [0.15, 0.2) is 42.5 Å². The first kappa shape index (κ1) is 28.9. The summed E-state index contributed by atoms with van der Waals surface area (Å²) >= 11 is 6.31. The first-order valence-electron chi connectivity index (χ1n) is 10.8. The van der Waals surface area contributed by atoms with E-state index in [0.29, 0.717) is 0 Å². The molecule has 12 nitrogen and oxygen atoms in total.